The van der Waals surface area contributed by atoms with E-state index in [1.54, 1.807) is 0 Å². The van der Waals surface area contributed by atoms with E-state index in [1.807, 2.05) is 0 Å². The Morgan fingerprint density at radius 1 is 1.18 bits per heavy atom. The molecule has 1 fully saturated rings. The quantitative estimate of drug-likeness (QED) is 0.695. The first-order valence-corrected chi connectivity index (χ1v) is 9.72. The molecule has 2 nitrogen and oxygen atoms in total. The summed E-state index contributed by atoms with van der Waals surface area (Å²) in [5.74, 6) is 0.624. The molecule has 1 aliphatic rings. The van der Waals surface area contributed by atoms with Gasteiger partial charge in [0.2, 0.25) is 0 Å². The number of rotatable bonds is 3. The Morgan fingerprint density at radius 2 is 1.71 bits per heavy atom. The van der Waals surface area contributed by atoms with Crippen LogP contribution in [0.5, 0.6) is 0 Å². The van der Waals surface area contributed by atoms with Crippen LogP contribution in [-0.2, 0) is 4.43 Å². The molecule has 0 atom stereocenters. The molecule has 0 aliphatic heterocycles. The van der Waals surface area contributed by atoms with Crippen LogP contribution in [0.15, 0.2) is 0 Å². The van der Waals surface area contributed by atoms with Crippen LogP contribution in [0.1, 0.15) is 52.9 Å². The zero-order valence-electron chi connectivity index (χ0n) is 12.0. The molecular weight excluding hydrogens is 226 g/mol. The van der Waals surface area contributed by atoms with Crippen molar-refractivity contribution in [3.05, 3.63) is 0 Å². The molecule has 1 saturated carbocycles. The van der Waals surface area contributed by atoms with Crippen molar-refractivity contribution in [3.63, 3.8) is 0 Å². The lowest BCUT2D eigenvalue weighted by molar-refractivity contribution is 0.117. The highest BCUT2D eigenvalue weighted by atomic mass is 28.4. The average Bonchev–Trinajstić information content (AvgIpc) is 2.19. The van der Waals surface area contributed by atoms with Crippen LogP contribution in [0.4, 0.5) is 0 Å². The van der Waals surface area contributed by atoms with Crippen molar-refractivity contribution < 1.29 is 4.43 Å². The maximum Gasteiger partial charge on any atom is 0.192 e. The number of hydrogen-bond acceptors (Lipinski definition) is 2. The van der Waals surface area contributed by atoms with Crippen molar-refractivity contribution in [2.24, 2.45) is 5.92 Å². The summed E-state index contributed by atoms with van der Waals surface area (Å²) >= 11 is 0. The van der Waals surface area contributed by atoms with Gasteiger partial charge in [-0.3, -0.25) is 0 Å². The van der Waals surface area contributed by atoms with Crippen LogP contribution in [0.25, 0.3) is 0 Å². The molecule has 17 heavy (non-hydrogen) atoms. The fourth-order valence-corrected chi connectivity index (χ4v) is 3.60. The van der Waals surface area contributed by atoms with E-state index in [4.69, 9.17) is 9.69 Å². The second-order valence-electron chi connectivity index (χ2n) is 6.88. The lowest BCUT2D eigenvalue weighted by Gasteiger charge is -2.41. The van der Waals surface area contributed by atoms with Gasteiger partial charge in [-0.15, -0.1) is 0 Å². The van der Waals surface area contributed by atoms with E-state index >= 15 is 0 Å². The van der Waals surface area contributed by atoms with E-state index in [2.05, 4.69) is 39.9 Å². The molecule has 0 heterocycles. The van der Waals surface area contributed by atoms with E-state index in [9.17, 15) is 0 Å². The molecule has 0 bridgehead atoms. The van der Waals surface area contributed by atoms with Crippen LogP contribution < -0.4 is 0 Å². The van der Waals surface area contributed by atoms with E-state index in [0.29, 0.717) is 17.1 Å². The van der Waals surface area contributed by atoms with Crippen molar-refractivity contribution >= 4 is 8.32 Å². The van der Waals surface area contributed by atoms with Crippen LogP contribution in [0.3, 0.4) is 0 Å². The van der Waals surface area contributed by atoms with Crippen LogP contribution in [0, 0.1) is 17.2 Å². The van der Waals surface area contributed by atoms with Gasteiger partial charge in [0.25, 0.3) is 0 Å². The molecule has 98 valence electrons. The van der Waals surface area contributed by atoms with E-state index in [0.717, 1.165) is 19.3 Å². The van der Waals surface area contributed by atoms with E-state index in [-0.39, 0.29) is 0 Å². The Morgan fingerprint density at radius 3 is 2.12 bits per heavy atom. The minimum Gasteiger partial charge on any atom is -0.414 e. The molecule has 3 heteroatoms. The van der Waals surface area contributed by atoms with Gasteiger partial charge in [-0.1, -0.05) is 20.8 Å². The monoisotopic (exact) mass is 253 g/mol. The van der Waals surface area contributed by atoms with E-state index in [1.165, 1.54) is 12.8 Å². The Labute approximate surface area is 107 Å². The zero-order valence-corrected chi connectivity index (χ0v) is 13.0. The molecule has 0 aromatic heterocycles. The predicted molar refractivity (Wildman–Crippen MR) is 74.3 cm³/mol. The summed E-state index contributed by atoms with van der Waals surface area (Å²) in [7, 11) is -1.60. The Kier molecular flexibility index (Phi) is 4.80. The Balaban J connectivity index is 2.44. The van der Waals surface area contributed by atoms with Crippen molar-refractivity contribution in [2.75, 3.05) is 0 Å². The van der Waals surface area contributed by atoms with Gasteiger partial charge < -0.3 is 4.43 Å². The molecule has 0 aromatic rings. The molecule has 0 saturated heterocycles. The van der Waals surface area contributed by atoms with Crippen molar-refractivity contribution in [3.8, 4) is 6.07 Å². The predicted octanol–water partition coefficient (Wildman–Crippen LogP) is 4.48. The minimum atomic E-state index is -1.60. The van der Waals surface area contributed by atoms with Gasteiger partial charge in [0, 0.05) is 12.5 Å². The molecule has 0 unspecified atom stereocenters. The molecule has 0 aromatic carbocycles. The maximum absolute atomic E-state index is 8.70. The minimum absolute atomic E-state index is 0.302. The fourth-order valence-electron chi connectivity index (χ4n) is 2.18. The summed E-state index contributed by atoms with van der Waals surface area (Å²) < 4.78 is 6.43. The number of hydrogen-bond donors (Lipinski definition) is 0. The summed E-state index contributed by atoms with van der Waals surface area (Å²) in [6.07, 6.45) is 5.83. The van der Waals surface area contributed by atoms with Gasteiger partial charge in [-0.2, -0.15) is 5.26 Å². The molecule has 0 amide bonds. The first-order chi connectivity index (χ1) is 7.76. The van der Waals surface area contributed by atoms with Gasteiger partial charge in [0.05, 0.1) is 6.07 Å². The van der Waals surface area contributed by atoms with Crippen LogP contribution in [-0.4, -0.2) is 14.4 Å². The van der Waals surface area contributed by atoms with Gasteiger partial charge in [-0.05, 0) is 49.7 Å². The normalized spacial score (nSPS) is 26.6. The lowest BCUT2D eigenvalue weighted by atomic mass is 9.86. The first kappa shape index (κ1) is 14.7. The summed E-state index contributed by atoms with van der Waals surface area (Å²) in [5, 5.41) is 9.01. The zero-order chi connectivity index (χ0) is 13.1. The fraction of sp³-hybridized carbons (Fsp3) is 0.929. The first-order valence-electron chi connectivity index (χ1n) is 6.81. The third kappa shape index (κ3) is 4.12. The van der Waals surface area contributed by atoms with E-state index < -0.39 is 8.32 Å². The van der Waals surface area contributed by atoms with Crippen molar-refractivity contribution in [1.29, 1.82) is 5.26 Å². The molecule has 0 radical (unpaired) electrons. The SMILES string of the molecule is CC(C)(C)[Si](C)(C)OC1CCC(CC#N)CC1. The van der Waals surface area contributed by atoms with Crippen LogP contribution in [0.2, 0.25) is 18.1 Å². The van der Waals surface area contributed by atoms with Gasteiger partial charge in [0.1, 0.15) is 0 Å². The highest BCUT2D eigenvalue weighted by Crippen LogP contribution is 2.39. The highest BCUT2D eigenvalue weighted by molar-refractivity contribution is 6.74. The number of nitrogens with zero attached hydrogens (tertiary/aromatic N) is 1. The molecule has 0 spiro atoms. The van der Waals surface area contributed by atoms with Gasteiger partial charge in [-0.25, -0.2) is 0 Å². The van der Waals surface area contributed by atoms with Gasteiger partial charge in [0.15, 0.2) is 8.32 Å². The smallest absolute Gasteiger partial charge is 0.192 e. The second-order valence-corrected chi connectivity index (χ2v) is 11.6. The summed E-state index contributed by atoms with van der Waals surface area (Å²) in [6.45, 7) is 11.5. The Hall–Kier alpha value is -0.333. The molecule has 1 aliphatic carbocycles. The van der Waals surface area contributed by atoms with Gasteiger partial charge >= 0.3 is 0 Å². The summed E-state index contributed by atoms with van der Waals surface area (Å²) in [5.41, 5.74) is 0. The summed E-state index contributed by atoms with van der Waals surface area (Å²) in [4.78, 5) is 0. The average molecular weight is 253 g/mol. The highest BCUT2D eigenvalue weighted by Gasteiger charge is 2.39. The third-order valence-electron chi connectivity index (χ3n) is 4.44. The standard InChI is InChI=1S/C14H27NOSi/c1-14(2,3)17(4,5)16-13-8-6-12(7-9-13)10-11-15/h12-13H,6-10H2,1-5H3. The van der Waals surface area contributed by atoms with Crippen LogP contribution >= 0.6 is 0 Å². The lowest BCUT2D eigenvalue weighted by Crippen LogP contribution is -2.44. The largest absolute Gasteiger partial charge is 0.414 e. The van der Waals surface area contributed by atoms with Crippen molar-refractivity contribution in [1.82, 2.24) is 0 Å². The topological polar surface area (TPSA) is 33.0 Å². The Bertz CT molecular complexity index is 280. The third-order valence-corrected chi connectivity index (χ3v) is 8.98. The molecule has 0 N–H and O–H groups in total. The molecular formula is C14H27NOSi. The molecule has 1 rings (SSSR count). The van der Waals surface area contributed by atoms with Crippen molar-refractivity contribution in [2.45, 2.75) is 77.1 Å². The maximum atomic E-state index is 8.70. The second kappa shape index (κ2) is 5.54. The number of nitriles is 1. The summed E-state index contributed by atoms with van der Waals surface area (Å²) in [6, 6.07) is 2.29.